The van der Waals surface area contributed by atoms with E-state index in [0.717, 1.165) is 78.0 Å². The summed E-state index contributed by atoms with van der Waals surface area (Å²) in [5, 5.41) is 6.20. The molecule has 4 aromatic rings. The predicted octanol–water partition coefficient (Wildman–Crippen LogP) is 7.13. The zero-order valence-corrected chi connectivity index (χ0v) is 21.7. The number of urea groups is 1. The van der Waals surface area contributed by atoms with Crippen LogP contribution in [-0.2, 0) is 13.0 Å². The normalized spacial score (nSPS) is 14.1. The number of carbonyl (C=O) groups excluding carboxylic acids is 1. The van der Waals surface area contributed by atoms with Crippen LogP contribution >= 0.6 is 0 Å². The molecule has 0 saturated heterocycles. The Balaban J connectivity index is 1.38. The number of anilines is 2. The molecule has 0 bridgehead atoms. The van der Waals surface area contributed by atoms with Gasteiger partial charge < -0.3 is 20.9 Å². The molecule has 6 nitrogen and oxygen atoms in total. The van der Waals surface area contributed by atoms with Crippen molar-refractivity contribution < 1.29 is 4.79 Å². The highest BCUT2D eigenvalue weighted by Gasteiger charge is 2.17. The number of nitrogen functional groups attached to an aromatic ring is 1. The number of rotatable bonds is 8. The Labute approximate surface area is 219 Å². The van der Waals surface area contributed by atoms with Crippen molar-refractivity contribution in [1.82, 2.24) is 14.9 Å². The SMILES string of the molecule is CCCCc1nc2ccc(NC(=O)NC3CCCCC3)cc2n1Cc1ccc(-c2ccccc2N)cc1. The van der Waals surface area contributed by atoms with E-state index in [1.165, 1.54) is 24.8 Å². The summed E-state index contributed by atoms with van der Waals surface area (Å²) in [7, 11) is 0. The van der Waals surface area contributed by atoms with Gasteiger partial charge in [-0.1, -0.05) is 75.1 Å². The molecule has 1 fully saturated rings. The first-order valence-corrected chi connectivity index (χ1v) is 13.6. The standard InChI is InChI=1S/C31H37N5O/c1-2-3-13-30-35-28-19-18-25(34-31(37)33-24-9-5-4-6-10-24)20-29(28)36(30)21-22-14-16-23(17-15-22)26-11-7-8-12-27(26)32/h7-8,11-12,14-20,24H,2-6,9-10,13,21,32H2,1H3,(H2,33,34,37). The number of aromatic nitrogens is 2. The molecule has 0 spiro atoms. The van der Waals surface area contributed by atoms with E-state index in [0.29, 0.717) is 0 Å². The lowest BCUT2D eigenvalue weighted by Crippen LogP contribution is -2.39. The van der Waals surface area contributed by atoms with E-state index in [4.69, 9.17) is 10.7 Å². The van der Waals surface area contributed by atoms with Crippen LogP contribution in [0, 0.1) is 0 Å². The molecule has 1 aliphatic carbocycles. The Bertz CT molecular complexity index is 1350. The number of fused-ring (bicyclic) bond motifs is 1. The van der Waals surface area contributed by atoms with Gasteiger partial charge >= 0.3 is 6.03 Å². The van der Waals surface area contributed by atoms with Crippen LogP contribution < -0.4 is 16.4 Å². The van der Waals surface area contributed by atoms with Crippen LogP contribution in [0.1, 0.15) is 63.3 Å². The first-order chi connectivity index (χ1) is 18.1. The fourth-order valence-electron chi connectivity index (χ4n) is 5.28. The number of benzene rings is 3. The van der Waals surface area contributed by atoms with E-state index in [9.17, 15) is 4.79 Å². The summed E-state index contributed by atoms with van der Waals surface area (Å²) in [6.07, 6.45) is 8.91. The van der Waals surface area contributed by atoms with Gasteiger partial charge in [-0.2, -0.15) is 0 Å². The van der Waals surface area contributed by atoms with Crippen LogP contribution in [-0.4, -0.2) is 21.6 Å². The Hall–Kier alpha value is -3.80. The molecule has 37 heavy (non-hydrogen) atoms. The number of hydrogen-bond acceptors (Lipinski definition) is 3. The zero-order chi connectivity index (χ0) is 25.6. The maximum atomic E-state index is 12.7. The molecule has 0 atom stereocenters. The lowest BCUT2D eigenvalue weighted by molar-refractivity contribution is 0.244. The minimum atomic E-state index is -0.126. The number of nitrogens with two attached hydrogens (primary N) is 1. The molecule has 1 saturated carbocycles. The summed E-state index contributed by atoms with van der Waals surface area (Å²) in [5.41, 5.74) is 13.1. The largest absolute Gasteiger partial charge is 0.398 e. The molecular formula is C31H37N5O. The number of carbonyl (C=O) groups is 1. The fraction of sp³-hybridized carbons (Fsp3) is 0.355. The molecule has 1 aromatic heterocycles. The second-order valence-electron chi connectivity index (χ2n) is 10.1. The lowest BCUT2D eigenvalue weighted by atomic mass is 9.96. The molecule has 6 heteroatoms. The van der Waals surface area contributed by atoms with E-state index in [-0.39, 0.29) is 12.1 Å². The second kappa shape index (κ2) is 11.5. The molecule has 1 heterocycles. The topological polar surface area (TPSA) is 85.0 Å². The highest BCUT2D eigenvalue weighted by atomic mass is 16.2. The van der Waals surface area contributed by atoms with Gasteiger partial charge in [0.1, 0.15) is 5.82 Å². The van der Waals surface area contributed by atoms with Crippen LogP contribution in [0.5, 0.6) is 0 Å². The molecule has 1 aliphatic rings. The van der Waals surface area contributed by atoms with E-state index in [1.807, 2.05) is 30.3 Å². The number of unbranched alkanes of at least 4 members (excludes halogenated alkanes) is 1. The third-order valence-electron chi connectivity index (χ3n) is 7.35. The number of amides is 2. The molecule has 192 valence electrons. The predicted molar refractivity (Wildman–Crippen MR) is 153 cm³/mol. The van der Waals surface area contributed by atoms with Gasteiger partial charge in [-0.3, -0.25) is 0 Å². The van der Waals surface area contributed by atoms with Crippen molar-refractivity contribution >= 4 is 28.4 Å². The number of nitrogens with one attached hydrogen (secondary N) is 2. The average Bonchev–Trinajstić information content (AvgIpc) is 3.25. The summed E-state index contributed by atoms with van der Waals surface area (Å²) in [5.74, 6) is 1.08. The molecule has 2 amide bonds. The van der Waals surface area contributed by atoms with Gasteiger partial charge in [0, 0.05) is 35.9 Å². The zero-order valence-electron chi connectivity index (χ0n) is 21.7. The minimum absolute atomic E-state index is 0.126. The number of aryl methyl sites for hydroxylation is 1. The summed E-state index contributed by atoms with van der Waals surface area (Å²) >= 11 is 0. The fourth-order valence-corrected chi connectivity index (χ4v) is 5.28. The molecule has 0 radical (unpaired) electrons. The lowest BCUT2D eigenvalue weighted by Gasteiger charge is -2.22. The van der Waals surface area contributed by atoms with Gasteiger partial charge in [0.15, 0.2) is 0 Å². The van der Waals surface area contributed by atoms with Crippen molar-refractivity contribution in [2.45, 2.75) is 70.9 Å². The maximum Gasteiger partial charge on any atom is 0.319 e. The van der Waals surface area contributed by atoms with Gasteiger partial charge in [0.2, 0.25) is 0 Å². The summed E-state index contributed by atoms with van der Waals surface area (Å²) in [4.78, 5) is 17.6. The van der Waals surface area contributed by atoms with Crippen molar-refractivity contribution in [2.24, 2.45) is 0 Å². The van der Waals surface area contributed by atoms with E-state index >= 15 is 0 Å². The quantitative estimate of drug-likeness (QED) is 0.227. The summed E-state index contributed by atoms with van der Waals surface area (Å²) < 4.78 is 2.29. The van der Waals surface area contributed by atoms with Gasteiger partial charge in [-0.15, -0.1) is 0 Å². The van der Waals surface area contributed by atoms with Crippen molar-refractivity contribution in [3.05, 3.63) is 78.1 Å². The van der Waals surface area contributed by atoms with Gasteiger partial charge in [-0.25, -0.2) is 9.78 Å². The molecule has 3 aromatic carbocycles. The first-order valence-electron chi connectivity index (χ1n) is 13.6. The summed E-state index contributed by atoms with van der Waals surface area (Å²) in [6.45, 7) is 2.92. The van der Waals surface area contributed by atoms with Crippen molar-refractivity contribution in [3.63, 3.8) is 0 Å². The van der Waals surface area contributed by atoms with E-state index < -0.39 is 0 Å². The van der Waals surface area contributed by atoms with Crippen LogP contribution in [0.15, 0.2) is 66.7 Å². The van der Waals surface area contributed by atoms with Crippen LogP contribution in [0.3, 0.4) is 0 Å². The minimum Gasteiger partial charge on any atom is -0.398 e. The van der Waals surface area contributed by atoms with E-state index in [1.54, 1.807) is 0 Å². The van der Waals surface area contributed by atoms with Gasteiger partial charge in [0.25, 0.3) is 0 Å². The third kappa shape index (κ3) is 5.96. The first kappa shape index (κ1) is 24.9. The van der Waals surface area contributed by atoms with Gasteiger partial charge in [0.05, 0.1) is 11.0 Å². The Kier molecular flexibility index (Phi) is 7.73. The van der Waals surface area contributed by atoms with Crippen molar-refractivity contribution in [3.8, 4) is 11.1 Å². The maximum absolute atomic E-state index is 12.7. The second-order valence-corrected chi connectivity index (χ2v) is 10.1. The highest BCUT2D eigenvalue weighted by Crippen LogP contribution is 2.27. The molecular weight excluding hydrogens is 458 g/mol. The van der Waals surface area contributed by atoms with Gasteiger partial charge in [-0.05, 0) is 54.7 Å². The Morgan fingerprint density at radius 3 is 2.57 bits per heavy atom. The number of para-hydroxylation sites is 1. The van der Waals surface area contributed by atoms with Crippen LogP contribution in [0.2, 0.25) is 0 Å². The van der Waals surface area contributed by atoms with Crippen LogP contribution in [0.25, 0.3) is 22.2 Å². The molecule has 5 rings (SSSR count). The molecule has 0 unspecified atom stereocenters. The van der Waals surface area contributed by atoms with Crippen molar-refractivity contribution in [1.29, 1.82) is 0 Å². The number of imidazole rings is 1. The monoisotopic (exact) mass is 495 g/mol. The molecule has 0 aliphatic heterocycles. The smallest absolute Gasteiger partial charge is 0.319 e. The van der Waals surface area contributed by atoms with E-state index in [2.05, 4.69) is 58.5 Å². The van der Waals surface area contributed by atoms with Crippen molar-refractivity contribution in [2.75, 3.05) is 11.1 Å². The third-order valence-corrected chi connectivity index (χ3v) is 7.35. The summed E-state index contributed by atoms with van der Waals surface area (Å²) in [6, 6.07) is 22.7. The van der Waals surface area contributed by atoms with Crippen LogP contribution in [0.4, 0.5) is 16.2 Å². The Morgan fingerprint density at radius 2 is 1.81 bits per heavy atom. The Morgan fingerprint density at radius 1 is 1.03 bits per heavy atom. The number of nitrogens with zero attached hydrogens (tertiary/aromatic N) is 2. The average molecular weight is 496 g/mol. The molecule has 4 N–H and O–H groups in total. The highest BCUT2D eigenvalue weighted by molar-refractivity contribution is 5.92. The number of hydrogen-bond donors (Lipinski definition) is 3.